The molecular weight excluding hydrogens is 376 g/mol. The molecule has 2 aromatic rings. The lowest BCUT2D eigenvalue weighted by Gasteiger charge is -2.30. The van der Waals surface area contributed by atoms with Crippen molar-refractivity contribution in [1.82, 2.24) is 5.32 Å². The fraction of sp³-hybridized carbons (Fsp3) is 0.381. The zero-order chi connectivity index (χ0) is 20.7. The Labute approximate surface area is 167 Å². The molecule has 0 unspecified atom stereocenters. The van der Waals surface area contributed by atoms with Gasteiger partial charge in [0.25, 0.3) is 0 Å². The van der Waals surface area contributed by atoms with Crippen molar-refractivity contribution in [3.8, 4) is 5.75 Å². The Morgan fingerprint density at radius 2 is 1.79 bits per heavy atom. The van der Waals surface area contributed by atoms with Gasteiger partial charge in [0.05, 0.1) is 18.5 Å². The summed E-state index contributed by atoms with van der Waals surface area (Å²) in [6, 6.07) is 13.9. The number of hydrogen-bond donors (Lipinski definition) is 1. The molecule has 2 aromatic carbocycles. The number of benzene rings is 2. The molecule has 0 bridgehead atoms. The minimum Gasteiger partial charge on any atom is -0.492 e. The molecule has 28 heavy (non-hydrogen) atoms. The normalized spacial score (nSPS) is 12.3. The summed E-state index contributed by atoms with van der Waals surface area (Å²) in [4.78, 5) is 12.7. The first-order valence-electron chi connectivity index (χ1n) is 9.26. The SMILES string of the molecule is CC[C@H](C(=O)NCCOc1ccccc1)N(c1ccc(C)c(C)c1)S(C)(=O)=O. The lowest BCUT2D eigenvalue weighted by atomic mass is 10.1. The van der Waals surface area contributed by atoms with Gasteiger partial charge in [-0.05, 0) is 55.7 Å². The summed E-state index contributed by atoms with van der Waals surface area (Å²) in [6.07, 6.45) is 1.47. The number of nitrogens with zero attached hydrogens (tertiary/aromatic N) is 1. The van der Waals surface area contributed by atoms with Crippen molar-refractivity contribution in [3.63, 3.8) is 0 Å². The first-order chi connectivity index (χ1) is 13.2. The molecule has 6 nitrogen and oxygen atoms in total. The van der Waals surface area contributed by atoms with Crippen LogP contribution in [0.1, 0.15) is 24.5 Å². The largest absolute Gasteiger partial charge is 0.492 e. The predicted octanol–water partition coefficient (Wildman–Crippen LogP) is 3.04. The molecule has 0 aliphatic carbocycles. The number of amides is 1. The van der Waals surface area contributed by atoms with Crippen LogP contribution in [0.15, 0.2) is 48.5 Å². The van der Waals surface area contributed by atoms with E-state index in [1.165, 1.54) is 4.31 Å². The third kappa shape index (κ3) is 5.73. The van der Waals surface area contributed by atoms with E-state index < -0.39 is 16.1 Å². The molecule has 152 valence electrons. The van der Waals surface area contributed by atoms with E-state index in [-0.39, 0.29) is 12.5 Å². The van der Waals surface area contributed by atoms with Crippen molar-refractivity contribution in [2.45, 2.75) is 33.2 Å². The lowest BCUT2D eigenvalue weighted by Crippen LogP contribution is -2.50. The van der Waals surface area contributed by atoms with Crippen LogP contribution in [0.5, 0.6) is 5.75 Å². The van der Waals surface area contributed by atoms with Crippen molar-refractivity contribution in [2.24, 2.45) is 0 Å². The molecule has 0 radical (unpaired) electrons. The number of sulfonamides is 1. The number of aryl methyl sites for hydroxylation is 2. The summed E-state index contributed by atoms with van der Waals surface area (Å²) >= 11 is 0. The topological polar surface area (TPSA) is 75.7 Å². The molecule has 0 aliphatic heterocycles. The van der Waals surface area contributed by atoms with Gasteiger partial charge in [-0.15, -0.1) is 0 Å². The molecule has 1 atom stereocenters. The summed E-state index contributed by atoms with van der Waals surface area (Å²) in [6.45, 7) is 6.26. The summed E-state index contributed by atoms with van der Waals surface area (Å²) in [7, 11) is -3.64. The van der Waals surface area contributed by atoms with Gasteiger partial charge in [-0.25, -0.2) is 8.42 Å². The first-order valence-corrected chi connectivity index (χ1v) is 11.1. The number of para-hydroxylation sites is 1. The summed E-state index contributed by atoms with van der Waals surface area (Å²) in [5.74, 6) is 0.375. The second-order valence-electron chi connectivity index (χ2n) is 6.70. The molecule has 0 aromatic heterocycles. The number of nitrogens with one attached hydrogen (secondary N) is 1. The van der Waals surface area contributed by atoms with Crippen LogP contribution in [0.2, 0.25) is 0 Å². The van der Waals surface area contributed by atoms with Gasteiger partial charge in [-0.2, -0.15) is 0 Å². The van der Waals surface area contributed by atoms with Crippen LogP contribution in [-0.2, 0) is 14.8 Å². The maximum Gasteiger partial charge on any atom is 0.244 e. The van der Waals surface area contributed by atoms with E-state index in [9.17, 15) is 13.2 Å². The number of anilines is 1. The van der Waals surface area contributed by atoms with Gasteiger partial charge < -0.3 is 10.1 Å². The van der Waals surface area contributed by atoms with Gasteiger partial charge >= 0.3 is 0 Å². The van der Waals surface area contributed by atoms with Gasteiger partial charge in [0, 0.05) is 0 Å². The molecule has 2 rings (SSSR count). The summed E-state index contributed by atoms with van der Waals surface area (Å²) in [5.41, 5.74) is 2.53. The third-order valence-electron chi connectivity index (χ3n) is 4.49. The molecular formula is C21H28N2O4S. The maximum absolute atomic E-state index is 12.7. The molecule has 1 amide bonds. The molecule has 0 heterocycles. The fourth-order valence-electron chi connectivity index (χ4n) is 2.90. The number of hydrogen-bond acceptors (Lipinski definition) is 4. The van der Waals surface area contributed by atoms with Crippen LogP contribution in [-0.4, -0.2) is 39.8 Å². The maximum atomic E-state index is 12.7. The minimum atomic E-state index is -3.64. The highest BCUT2D eigenvalue weighted by Crippen LogP contribution is 2.25. The van der Waals surface area contributed by atoms with Crippen LogP contribution in [0, 0.1) is 13.8 Å². The van der Waals surface area contributed by atoms with Crippen molar-refractivity contribution < 1.29 is 17.9 Å². The molecule has 7 heteroatoms. The lowest BCUT2D eigenvalue weighted by molar-refractivity contribution is -0.122. The van der Waals surface area contributed by atoms with E-state index in [4.69, 9.17) is 4.74 Å². The van der Waals surface area contributed by atoms with Crippen LogP contribution >= 0.6 is 0 Å². The van der Waals surface area contributed by atoms with Gasteiger partial charge in [-0.3, -0.25) is 9.10 Å². The Kier molecular flexibility index (Phi) is 7.45. The van der Waals surface area contributed by atoms with E-state index in [0.717, 1.165) is 23.1 Å². The summed E-state index contributed by atoms with van der Waals surface area (Å²) in [5, 5.41) is 2.78. The highest BCUT2D eigenvalue weighted by Gasteiger charge is 2.31. The van der Waals surface area contributed by atoms with E-state index in [2.05, 4.69) is 5.32 Å². The Bertz CT molecular complexity index is 898. The smallest absolute Gasteiger partial charge is 0.244 e. The highest BCUT2D eigenvalue weighted by atomic mass is 32.2. The molecule has 1 N–H and O–H groups in total. The van der Waals surface area contributed by atoms with Gasteiger partial charge in [0.15, 0.2) is 0 Å². The van der Waals surface area contributed by atoms with Gasteiger partial charge in [0.2, 0.25) is 15.9 Å². The van der Waals surface area contributed by atoms with E-state index in [1.807, 2.05) is 50.2 Å². The van der Waals surface area contributed by atoms with Crippen LogP contribution in [0.4, 0.5) is 5.69 Å². The third-order valence-corrected chi connectivity index (χ3v) is 5.67. The quantitative estimate of drug-likeness (QED) is 0.652. The monoisotopic (exact) mass is 404 g/mol. The van der Waals surface area contributed by atoms with Crippen LogP contribution < -0.4 is 14.4 Å². The minimum absolute atomic E-state index is 0.286. The first kappa shape index (κ1) is 21.8. The van der Waals surface area contributed by atoms with Crippen molar-refractivity contribution in [3.05, 3.63) is 59.7 Å². The zero-order valence-electron chi connectivity index (χ0n) is 16.8. The standard InChI is InChI=1S/C21H28N2O4S/c1-5-20(21(24)22-13-14-27-19-9-7-6-8-10-19)23(28(4,25)26)18-12-11-16(2)17(3)15-18/h6-12,15,20H,5,13-14H2,1-4H3,(H,22,24)/t20-/m1/s1. The zero-order valence-corrected chi connectivity index (χ0v) is 17.6. The van der Waals surface area contributed by atoms with Crippen molar-refractivity contribution in [2.75, 3.05) is 23.7 Å². The summed E-state index contributed by atoms with van der Waals surface area (Å²) < 4.78 is 31.7. The Morgan fingerprint density at radius 1 is 1.11 bits per heavy atom. The second-order valence-corrected chi connectivity index (χ2v) is 8.56. The number of ether oxygens (including phenoxy) is 1. The van der Waals surface area contributed by atoms with Crippen LogP contribution in [0.3, 0.4) is 0 Å². The highest BCUT2D eigenvalue weighted by molar-refractivity contribution is 7.92. The van der Waals surface area contributed by atoms with E-state index in [1.54, 1.807) is 19.1 Å². The van der Waals surface area contributed by atoms with Gasteiger partial charge in [-0.1, -0.05) is 31.2 Å². The molecule has 0 saturated heterocycles. The van der Waals surface area contributed by atoms with E-state index >= 15 is 0 Å². The predicted molar refractivity (Wildman–Crippen MR) is 112 cm³/mol. The number of carbonyl (C=O) groups excluding carboxylic acids is 1. The van der Waals surface area contributed by atoms with Crippen molar-refractivity contribution in [1.29, 1.82) is 0 Å². The number of rotatable bonds is 9. The van der Waals surface area contributed by atoms with E-state index in [0.29, 0.717) is 18.7 Å². The van der Waals surface area contributed by atoms with Crippen LogP contribution in [0.25, 0.3) is 0 Å². The average molecular weight is 405 g/mol. The Balaban J connectivity index is 2.09. The van der Waals surface area contributed by atoms with Gasteiger partial charge in [0.1, 0.15) is 18.4 Å². The average Bonchev–Trinajstić information content (AvgIpc) is 2.65. The fourth-order valence-corrected chi connectivity index (χ4v) is 4.10. The molecule has 0 fully saturated rings. The Hall–Kier alpha value is -2.54. The molecule has 0 aliphatic rings. The molecule has 0 spiro atoms. The molecule has 0 saturated carbocycles. The second kappa shape index (κ2) is 9.59. The van der Waals surface area contributed by atoms with Crippen molar-refractivity contribution >= 4 is 21.6 Å². The number of carbonyl (C=O) groups is 1. The Morgan fingerprint density at radius 3 is 2.36 bits per heavy atom.